The van der Waals surface area contributed by atoms with Gasteiger partial charge in [-0.3, -0.25) is 0 Å². The molecule has 0 N–H and O–H groups in total. The molecule has 3 heteroatoms. The van der Waals surface area contributed by atoms with Gasteiger partial charge in [0.05, 0.1) is 23.8 Å². The van der Waals surface area contributed by atoms with Gasteiger partial charge < -0.3 is 4.74 Å². The van der Waals surface area contributed by atoms with Gasteiger partial charge in [-0.1, -0.05) is 18.2 Å². The van der Waals surface area contributed by atoms with Crippen LogP contribution < -0.4 is 0 Å². The summed E-state index contributed by atoms with van der Waals surface area (Å²) in [5.74, 6) is 0.113. The molecule has 0 amide bonds. The molecule has 2 heterocycles. The fourth-order valence-corrected chi connectivity index (χ4v) is 2.49. The normalized spacial score (nSPS) is 48.8. The molecule has 0 aromatic carbocycles. The van der Waals surface area contributed by atoms with Crippen molar-refractivity contribution in [1.82, 2.24) is 0 Å². The Balaban J connectivity index is 2.17. The molecule has 3 nitrogen and oxygen atoms in total. The maximum Gasteiger partial charge on any atom is 0.130 e. The number of fused-ring (bicyclic) bond motifs is 5. The van der Waals surface area contributed by atoms with Gasteiger partial charge in [-0.2, -0.15) is 10.5 Å². The summed E-state index contributed by atoms with van der Waals surface area (Å²) >= 11 is 0. The summed E-state index contributed by atoms with van der Waals surface area (Å²) in [4.78, 5) is 0. The Labute approximate surface area is 75.5 Å². The molecule has 2 bridgehead atoms. The van der Waals surface area contributed by atoms with Crippen molar-refractivity contribution in [2.75, 3.05) is 0 Å². The van der Waals surface area contributed by atoms with Gasteiger partial charge in [0, 0.05) is 5.92 Å². The highest BCUT2D eigenvalue weighted by molar-refractivity contribution is 5.53. The summed E-state index contributed by atoms with van der Waals surface area (Å²) in [5, 5.41) is 17.9. The number of nitriles is 2. The topological polar surface area (TPSA) is 56.8 Å². The van der Waals surface area contributed by atoms with Crippen LogP contribution in [0.2, 0.25) is 0 Å². The number of nitrogens with zero attached hydrogens (tertiary/aromatic N) is 2. The highest BCUT2D eigenvalue weighted by atomic mass is 16.5. The van der Waals surface area contributed by atoms with Crippen LogP contribution in [-0.2, 0) is 4.74 Å². The van der Waals surface area contributed by atoms with Crippen LogP contribution in [0, 0.1) is 34.0 Å². The molecular formula is C10H6N2O. The first kappa shape index (κ1) is 6.88. The smallest absolute Gasteiger partial charge is 0.130 e. The van der Waals surface area contributed by atoms with E-state index in [-0.39, 0.29) is 18.1 Å². The molecule has 1 aliphatic carbocycles. The summed E-state index contributed by atoms with van der Waals surface area (Å²) in [6.45, 7) is 0. The van der Waals surface area contributed by atoms with Gasteiger partial charge in [-0.15, -0.1) is 0 Å². The van der Waals surface area contributed by atoms with E-state index in [2.05, 4.69) is 12.1 Å². The number of hydrogen-bond acceptors (Lipinski definition) is 3. The Hall–Kier alpha value is -1.58. The largest absolute Gasteiger partial charge is 0.364 e. The minimum atomic E-state index is -0.645. The summed E-state index contributed by atoms with van der Waals surface area (Å²) in [7, 11) is 0. The fourth-order valence-electron chi connectivity index (χ4n) is 2.49. The van der Waals surface area contributed by atoms with Crippen molar-refractivity contribution in [2.45, 2.75) is 12.2 Å². The first-order valence-electron chi connectivity index (χ1n) is 4.20. The van der Waals surface area contributed by atoms with Crippen LogP contribution >= 0.6 is 0 Å². The maximum atomic E-state index is 9.11. The zero-order chi connectivity index (χ0) is 9.05. The molecule has 13 heavy (non-hydrogen) atoms. The maximum absolute atomic E-state index is 9.11. The SMILES string of the molecule is N#CC1=CC2C3C=CC(O3)C12C#N. The molecule has 1 saturated heterocycles. The minimum Gasteiger partial charge on any atom is -0.364 e. The van der Waals surface area contributed by atoms with Crippen molar-refractivity contribution >= 4 is 0 Å². The predicted octanol–water partition coefficient (Wildman–Crippen LogP) is 0.913. The second-order valence-electron chi connectivity index (χ2n) is 3.60. The molecule has 3 rings (SSSR count). The average molecular weight is 170 g/mol. The van der Waals surface area contributed by atoms with Gasteiger partial charge in [0.1, 0.15) is 11.5 Å². The lowest BCUT2D eigenvalue weighted by atomic mass is 9.57. The van der Waals surface area contributed by atoms with Gasteiger partial charge in [-0.05, 0) is 0 Å². The van der Waals surface area contributed by atoms with Crippen LogP contribution in [0.3, 0.4) is 0 Å². The molecule has 3 aliphatic rings. The van der Waals surface area contributed by atoms with Crippen LogP contribution in [0.15, 0.2) is 23.8 Å². The third-order valence-electron chi connectivity index (χ3n) is 3.21. The van der Waals surface area contributed by atoms with Crippen molar-refractivity contribution in [1.29, 1.82) is 10.5 Å². The lowest BCUT2D eigenvalue weighted by Crippen LogP contribution is -2.44. The Morgan fingerprint density at radius 2 is 2.23 bits per heavy atom. The van der Waals surface area contributed by atoms with E-state index in [4.69, 9.17) is 15.3 Å². The summed E-state index contributed by atoms with van der Waals surface area (Å²) in [5.41, 5.74) is -0.0643. The minimum absolute atomic E-state index is 0.0294. The van der Waals surface area contributed by atoms with Gasteiger partial charge in [-0.25, -0.2) is 0 Å². The molecule has 0 aromatic rings. The number of ether oxygens (including phenoxy) is 1. The fraction of sp³-hybridized carbons (Fsp3) is 0.400. The van der Waals surface area contributed by atoms with E-state index < -0.39 is 5.41 Å². The van der Waals surface area contributed by atoms with Crippen LogP contribution in [0.1, 0.15) is 0 Å². The van der Waals surface area contributed by atoms with E-state index in [1.54, 1.807) is 0 Å². The molecule has 0 saturated carbocycles. The lowest BCUT2D eigenvalue weighted by molar-refractivity contribution is 0.104. The molecule has 4 unspecified atom stereocenters. The third-order valence-corrected chi connectivity index (χ3v) is 3.21. The molecule has 0 spiro atoms. The van der Waals surface area contributed by atoms with E-state index in [9.17, 15) is 0 Å². The highest BCUT2D eigenvalue weighted by Crippen LogP contribution is 2.59. The summed E-state index contributed by atoms with van der Waals surface area (Å²) in [6.07, 6.45) is 5.58. The second kappa shape index (κ2) is 1.84. The number of rotatable bonds is 0. The third kappa shape index (κ3) is 0.500. The number of hydrogen-bond donors (Lipinski definition) is 0. The molecule has 62 valence electrons. The van der Waals surface area contributed by atoms with Crippen LogP contribution in [-0.4, -0.2) is 12.2 Å². The zero-order valence-electron chi connectivity index (χ0n) is 6.77. The van der Waals surface area contributed by atoms with Crippen molar-refractivity contribution < 1.29 is 4.74 Å². The van der Waals surface area contributed by atoms with E-state index >= 15 is 0 Å². The van der Waals surface area contributed by atoms with Crippen LogP contribution in [0.4, 0.5) is 0 Å². The van der Waals surface area contributed by atoms with Gasteiger partial charge in [0.25, 0.3) is 0 Å². The summed E-state index contributed by atoms with van der Waals surface area (Å²) < 4.78 is 5.55. The van der Waals surface area contributed by atoms with Gasteiger partial charge in [0.15, 0.2) is 0 Å². The monoisotopic (exact) mass is 170 g/mol. The molecule has 4 atom stereocenters. The van der Waals surface area contributed by atoms with Crippen LogP contribution in [0.5, 0.6) is 0 Å². The predicted molar refractivity (Wildman–Crippen MR) is 43.0 cm³/mol. The van der Waals surface area contributed by atoms with Crippen molar-refractivity contribution in [3.8, 4) is 12.1 Å². The Kier molecular flexibility index (Phi) is 0.974. The highest BCUT2D eigenvalue weighted by Gasteiger charge is 2.64. The Morgan fingerprint density at radius 1 is 1.38 bits per heavy atom. The first-order chi connectivity index (χ1) is 6.32. The molecular weight excluding hydrogens is 164 g/mol. The quantitative estimate of drug-likeness (QED) is 0.508. The van der Waals surface area contributed by atoms with Crippen molar-refractivity contribution in [2.24, 2.45) is 11.3 Å². The second-order valence-corrected chi connectivity index (χ2v) is 3.60. The molecule has 0 aromatic heterocycles. The van der Waals surface area contributed by atoms with Gasteiger partial charge in [0.2, 0.25) is 0 Å². The van der Waals surface area contributed by atoms with Crippen LogP contribution in [0.25, 0.3) is 0 Å². The van der Waals surface area contributed by atoms with E-state index in [0.29, 0.717) is 5.57 Å². The summed E-state index contributed by atoms with van der Waals surface area (Å²) in [6, 6.07) is 4.32. The first-order valence-corrected chi connectivity index (χ1v) is 4.20. The van der Waals surface area contributed by atoms with E-state index in [1.165, 1.54) is 0 Å². The zero-order valence-corrected chi connectivity index (χ0v) is 6.77. The Bertz CT molecular complexity index is 423. The van der Waals surface area contributed by atoms with Crippen molar-refractivity contribution in [3.05, 3.63) is 23.8 Å². The molecule has 2 aliphatic heterocycles. The van der Waals surface area contributed by atoms with Crippen molar-refractivity contribution in [3.63, 3.8) is 0 Å². The molecule has 0 radical (unpaired) electrons. The van der Waals surface area contributed by atoms with Gasteiger partial charge >= 0.3 is 0 Å². The average Bonchev–Trinajstić information content (AvgIpc) is 2.61. The Morgan fingerprint density at radius 3 is 2.85 bits per heavy atom. The van der Waals surface area contributed by atoms with E-state index in [1.807, 2.05) is 18.2 Å². The standard InChI is InChI=1S/C10H6N2O/c11-4-6-3-7-8-1-2-9(13-8)10(6,7)5-12/h1-3,7-9H. The molecule has 1 fully saturated rings. The lowest BCUT2D eigenvalue weighted by Gasteiger charge is -2.38. The van der Waals surface area contributed by atoms with E-state index in [0.717, 1.165) is 0 Å².